The molecule has 2 heterocycles. The van der Waals surface area contributed by atoms with Crippen LogP contribution in [0.4, 0.5) is 5.69 Å². The second-order valence-electron chi connectivity index (χ2n) is 10.6. The number of primary amides is 1. The van der Waals surface area contributed by atoms with E-state index in [1.54, 1.807) is 54.6 Å². The molecule has 3 aliphatic rings. The maximum Gasteiger partial charge on any atom is 0.248 e. The van der Waals surface area contributed by atoms with Crippen molar-refractivity contribution in [3.05, 3.63) is 111 Å². The Bertz CT molecular complexity index is 1740. The summed E-state index contributed by atoms with van der Waals surface area (Å²) < 4.78 is 6.31. The van der Waals surface area contributed by atoms with E-state index in [-0.39, 0.29) is 24.2 Å². The van der Waals surface area contributed by atoms with Crippen molar-refractivity contribution in [3.8, 4) is 23.8 Å². The monoisotopic (exact) mass is 597 g/mol. The molecule has 1 fully saturated rings. The highest BCUT2D eigenvalue weighted by Gasteiger charge is 2.62. The number of halogens is 2. The van der Waals surface area contributed by atoms with Crippen LogP contribution in [0.5, 0.6) is 11.5 Å². The SMILES string of the molecule is C#Cc1ccc(Oc2ccc(C(N)=O)cc2)c([C@H]2NC(=O)C[C@@H](C3C=CC=C(Cl)C3)[C@]23C(=O)Nc2cc(Cl)ccc23)c1. The van der Waals surface area contributed by atoms with E-state index in [4.69, 9.17) is 40.1 Å². The number of allylic oxidation sites excluding steroid dienone is 4. The first-order valence-corrected chi connectivity index (χ1v) is 14.1. The Kier molecular flexibility index (Phi) is 7.05. The van der Waals surface area contributed by atoms with Crippen molar-refractivity contribution in [2.45, 2.75) is 24.3 Å². The van der Waals surface area contributed by atoms with Crippen LogP contribution in [-0.4, -0.2) is 17.7 Å². The molecule has 4 N–H and O–H groups in total. The molecule has 0 bridgehead atoms. The zero-order chi connectivity index (χ0) is 29.6. The minimum Gasteiger partial charge on any atom is -0.457 e. The molecule has 1 unspecified atom stereocenters. The molecular weight excluding hydrogens is 573 g/mol. The summed E-state index contributed by atoms with van der Waals surface area (Å²) in [5.74, 6) is 1.76. The number of ether oxygens (including phenoxy) is 1. The lowest BCUT2D eigenvalue weighted by molar-refractivity contribution is -0.135. The van der Waals surface area contributed by atoms with Crippen LogP contribution in [0, 0.1) is 24.2 Å². The van der Waals surface area contributed by atoms with Gasteiger partial charge >= 0.3 is 0 Å². The quantitative estimate of drug-likeness (QED) is 0.314. The van der Waals surface area contributed by atoms with E-state index >= 15 is 0 Å². The summed E-state index contributed by atoms with van der Waals surface area (Å²) in [6.07, 6.45) is 12.1. The summed E-state index contributed by atoms with van der Waals surface area (Å²) in [5.41, 5.74) is 6.85. The normalized spacial score (nSPS) is 24.3. The van der Waals surface area contributed by atoms with Crippen molar-refractivity contribution in [2.75, 3.05) is 5.32 Å². The number of carbonyl (C=O) groups is 3. The highest BCUT2D eigenvalue weighted by Crippen LogP contribution is 2.58. The fraction of sp³-hybridized carbons (Fsp3) is 0.182. The fourth-order valence-electron chi connectivity index (χ4n) is 6.42. The van der Waals surface area contributed by atoms with Crippen LogP contribution in [0.15, 0.2) is 83.9 Å². The summed E-state index contributed by atoms with van der Waals surface area (Å²) in [7, 11) is 0. The molecule has 3 aromatic rings. The smallest absolute Gasteiger partial charge is 0.248 e. The molecule has 9 heteroatoms. The fourth-order valence-corrected chi connectivity index (χ4v) is 6.84. The summed E-state index contributed by atoms with van der Waals surface area (Å²) >= 11 is 12.8. The lowest BCUT2D eigenvalue weighted by Gasteiger charge is -2.49. The third-order valence-corrected chi connectivity index (χ3v) is 8.75. The molecular formula is C33H25Cl2N3O4. The average Bonchev–Trinajstić information content (AvgIpc) is 3.25. The van der Waals surface area contributed by atoms with Gasteiger partial charge in [0.05, 0.1) is 6.04 Å². The minimum atomic E-state index is -1.25. The highest BCUT2D eigenvalue weighted by molar-refractivity contribution is 6.31. The van der Waals surface area contributed by atoms with E-state index in [9.17, 15) is 14.4 Å². The lowest BCUT2D eigenvalue weighted by atomic mass is 9.57. The van der Waals surface area contributed by atoms with Crippen LogP contribution in [0.25, 0.3) is 0 Å². The van der Waals surface area contributed by atoms with Gasteiger partial charge in [-0.05, 0) is 84.5 Å². The first-order chi connectivity index (χ1) is 20.2. The molecule has 42 heavy (non-hydrogen) atoms. The van der Waals surface area contributed by atoms with Crippen LogP contribution in [0.2, 0.25) is 5.02 Å². The number of hydrogen-bond acceptors (Lipinski definition) is 4. The third-order valence-electron chi connectivity index (χ3n) is 8.24. The number of carbonyl (C=O) groups excluding carboxylic acids is 3. The summed E-state index contributed by atoms with van der Waals surface area (Å²) in [5, 5.41) is 7.27. The number of nitrogens with two attached hydrogens (primary N) is 1. The van der Waals surface area contributed by atoms with Gasteiger partial charge in [-0.2, -0.15) is 0 Å². The standard InChI is InChI=1S/C33H25Cl2N3O4/c1-2-18-6-13-28(42-23-10-7-19(8-11-23)31(36)40)24(14-18)30-33(25-12-9-22(35)16-27(25)37-32(33)41)26(17-29(39)38-30)20-4-3-5-21(34)15-20/h1,3-14,16,20,26,30H,15,17H2,(H2,36,40)(H,37,41)(H,38,39)/t20?,26-,30+,33-/m0/s1. The van der Waals surface area contributed by atoms with E-state index in [1.165, 1.54) is 0 Å². The largest absolute Gasteiger partial charge is 0.457 e. The van der Waals surface area contributed by atoms with E-state index in [0.29, 0.717) is 55.9 Å². The third kappa shape index (κ3) is 4.63. The zero-order valence-electron chi connectivity index (χ0n) is 22.2. The van der Waals surface area contributed by atoms with Crippen LogP contribution in [-0.2, 0) is 15.0 Å². The number of fused-ring (bicyclic) bond motifs is 2. The van der Waals surface area contributed by atoms with Gasteiger partial charge in [-0.3, -0.25) is 14.4 Å². The molecule has 0 aromatic heterocycles. The van der Waals surface area contributed by atoms with E-state index < -0.39 is 23.3 Å². The summed E-state index contributed by atoms with van der Waals surface area (Å²) in [6.45, 7) is 0. The Morgan fingerprint density at radius 1 is 1.05 bits per heavy atom. The van der Waals surface area contributed by atoms with Crippen molar-refractivity contribution in [3.63, 3.8) is 0 Å². The van der Waals surface area contributed by atoms with E-state index in [2.05, 4.69) is 16.6 Å². The second-order valence-corrected chi connectivity index (χ2v) is 11.5. The van der Waals surface area contributed by atoms with Crippen LogP contribution < -0.4 is 21.1 Å². The van der Waals surface area contributed by atoms with Gasteiger partial charge in [-0.15, -0.1) is 6.42 Å². The maximum atomic E-state index is 14.4. The molecule has 1 saturated heterocycles. The van der Waals surface area contributed by atoms with Gasteiger partial charge in [0.25, 0.3) is 0 Å². The van der Waals surface area contributed by atoms with Crippen LogP contribution in [0.3, 0.4) is 0 Å². The number of anilines is 1. The van der Waals surface area contributed by atoms with Crippen molar-refractivity contribution >= 4 is 46.6 Å². The first-order valence-electron chi connectivity index (χ1n) is 13.3. The van der Waals surface area contributed by atoms with Crippen LogP contribution >= 0.6 is 23.2 Å². The summed E-state index contributed by atoms with van der Waals surface area (Å²) in [4.78, 5) is 39.4. The minimum absolute atomic E-state index is 0.102. The number of benzene rings is 3. The van der Waals surface area contributed by atoms with Gasteiger partial charge in [-0.25, -0.2) is 0 Å². The Balaban J connectivity index is 1.55. The molecule has 6 rings (SSSR count). The Morgan fingerprint density at radius 3 is 2.55 bits per heavy atom. The summed E-state index contributed by atoms with van der Waals surface area (Å²) in [6, 6.07) is 16.0. The zero-order valence-corrected chi connectivity index (χ0v) is 23.7. The molecule has 2 aliphatic heterocycles. The molecule has 1 aliphatic carbocycles. The maximum absolute atomic E-state index is 14.4. The van der Waals surface area contributed by atoms with Crippen molar-refractivity contribution in [2.24, 2.45) is 17.6 Å². The molecule has 4 atom stereocenters. The van der Waals surface area contributed by atoms with Crippen molar-refractivity contribution in [1.82, 2.24) is 5.32 Å². The van der Waals surface area contributed by atoms with Crippen molar-refractivity contribution in [1.29, 1.82) is 0 Å². The highest BCUT2D eigenvalue weighted by atomic mass is 35.5. The molecule has 1 spiro atoms. The number of piperidine rings is 1. The topological polar surface area (TPSA) is 111 Å². The van der Waals surface area contributed by atoms with Gasteiger partial charge in [-0.1, -0.05) is 47.3 Å². The predicted octanol–water partition coefficient (Wildman–Crippen LogP) is 5.98. The predicted molar refractivity (Wildman–Crippen MR) is 161 cm³/mol. The van der Waals surface area contributed by atoms with Crippen LogP contribution in [0.1, 0.15) is 45.9 Å². The molecule has 7 nitrogen and oxygen atoms in total. The van der Waals surface area contributed by atoms with Gasteiger partial charge in [0.1, 0.15) is 16.9 Å². The Morgan fingerprint density at radius 2 is 1.83 bits per heavy atom. The van der Waals surface area contributed by atoms with Gasteiger partial charge in [0, 0.05) is 38.9 Å². The molecule has 3 aromatic carbocycles. The average molecular weight is 598 g/mol. The van der Waals surface area contributed by atoms with Gasteiger partial charge in [0.15, 0.2) is 0 Å². The number of hydrogen-bond donors (Lipinski definition) is 3. The number of amides is 3. The van der Waals surface area contributed by atoms with Gasteiger partial charge < -0.3 is 21.1 Å². The Labute approximate surface area is 252 Å². The second kappa shape index (κ2) is 10.7. The molecule has 3 amide bonds. The molecule has 0 radical (unpaired) electrons. The van der Waals surface area contributed by atoms with E-state index in [1.807, 2.05) is 24.3 Å². The Hall–Kier alpha value is -4.51. The van der Waals surface area contributed by atoms with Gasteiger partial charge in [0.2, 0.25) is 17.7 Å². The van der Waals surface area contributed by atoms with Crippen molar-refractivity contribution < 1.29 is 19.1 Å². The molecule has 0 saturated carbocycles. The number of rotatable bonds is 5. The number of nitrogens with one attached hydrogen (secondary N) is 2. The lowest BCUT2D eigenvalue weighted by Crippen LogP contribution is -2.59. The number of terminal acetylenes is 1. The first kappa shape index (κ1) is 27.6. The molecule has 210 valence electrons. The van der Waals surface area contributed by atoms with E-state index in [0.717, 1.165) is 0 Å².